The van der Waals surface area contributed by atoms with Crippen LogP contribution in [0, 0.1) is 0 Å². The first-order valence-electron chi connectivity index (χ1n) is 4.96. The smallest absolute Gasteiger partial charge is 0.335 e. The second-order valence-electron chi connectivity index (χ2n) is 3.53. The third kappa shape index (κ3) is 2.24. The highest BCUT2D eigenvalue weighted by Crippen LogP contribution is 2.26. The minimum Gasteiger partial charge on any atom is -0.466 e. The molecule has 0 fully saturated rings. The molecule has 1 aliphatic rings. The molecule has 1 aromatic heterocycles. The van der Waals surface area contributed by atoms with Gasteiger partial charge < -0.3 is 9.64 Å². The van der Waals surface area contributed by atoms with Gasteiger partial charge in [-0.05, 0) is 23.4 Å². The van der Waals surface area contributed by atoms with Crippen molar-refractivity contribution in [1.82, 2.24) is 4.90 Å². The minimum atomic E-state index is -0.659. The average Bonchev–Trinajstić information content (AvgIpc) is 2.75. The lowest BCUT2D eigenvalue weighted by atomic mass is 10.1. The largest absolute Gasteiger partial charge is 0.466 e. The molecule has 86 valence electrons. The molecule has 0 saturated heterocycles. The summed E-state index contributed by atoms with van der Waals surface area (Å²) in [5.41, 5.74) is 1.14. The number of carbonyl (C=O) groups is 1. The van der Waals surface area contributed by atoms with Gasteiger partial charge >= 0.3 is 5.97 Å². The summed E-state index contributed by atoms with van der Waals surface area (Å²) in [6.07, 6.45) is 1.72. The van der Waals surface area contributed by atoms with Gasteiger partial charge in [0.05, 0.1) is 13.2 Å². The molecule has 2 rings (SSSR count). The molecular formula is C11H12FNO2S. The standard InChI is InChI=1S/C11H12FNO2S/c1-15-11(14)6-10(12)13-4-2-9-8(7-13)3-5-16-9/h3,5-6H,2,4,7H2,1H3. The Morgan fingerprint density at radius 1 is 1.69 bits per heavy atom. The Kier molecular flexibility index (Phi) is 3.24. The maximum Gasteiger partial charge on any atom is 0.335 e. The normalized spacial score (nSPS) is 15.9. The number of hydrogen-bond acceptors (Lipinski definition) is 4. The van der Waals surface area contributed by atoms with Crippen molar-refractivity contribution in [2.45, 2.75) is 13.0 Å². The minimum absolute atomic E-state index is 0.524. The van der Waals surface area contributed by atoms with E-state index in [0.717, 1.165) is 18.1 Å². The number of esters is 1. The number of hydrogen-bond donors (Lipinski definition) is 0. The maximum atomic E-state index is 13.6. The first-order valence-corrected chi connectivity index (χ1v) is 5.84. The van der Waals surface area contributed by atoms with Crippen molar-refractivity contribution < 1.29 is 13.9 Å². The highest BCUT2D eigenvalue weighted by molar-refractivity contribution is 7.10. The molecule has 0 amide bonds. The number of ether oxygens (including phenoxy) is 1. The lowest BCUT2D eigenvalue weighted by Gasteiger charge is -2.26. The van der Waals surface area contributed by atoms with E-state index < -0.39 is 11.9 Å². The zero-order valence-corrected chi connectivity index (χ0v) is 9.72. The fourth-order valence-corrected chi connectivity index (χ4v) is 2.57. The molecular weight excluding hydrogens is 229 g/mol. The first kappa shape index (κ1) is 11.1. The Morgan fingerprint density at radius 2 is 2.50 bits per heavy atom. The highest BCUT2D eigenvalue weighted by atomic mass is 32.1. The predicted octanol–water partition coefficient (Wildman–Crippen LogP) is 2.09. The summed E-state index contributed by atoms with van der Waals surface area (Å²) in [5, 5.41) is 2.01. The van der Waals surface area contributed by atoms with Gasteiger partial charge in [0.15, 0.2) is 5.95 Å². The van der Waals surface area contributed by atoms with Gasteiger partial charge in [-0.15, -0.1) is 11.3 Å². The molecule has 0 atom stereocenters. The van der Waals surface area contributed by atoms with Crippen molar-refractivity contribution >= 4 is 17.3 Å². The molecule has 0 spiro atoms. The fourth-order valence-electron chi connectivity index (χ4n) is 1.68. The summed E-state index contributed by atoms with van der Waals surface area (Å²) in [4.78, 5) is 13.8. The van der Waals surface area contributed by atoms with Crippen molar-refractivity contribution in [3.05, 3.63) is 33.9 Å². The van der Waals surface area contributed by atoms with Crippen LogP contribution in [0.1, 0.15) is 10.4 Å². The second kappa shape index (κ2) is 4.65. The van der Waals surface area contributed by atoms with Crippen LogP contribution in [0.2, 0.25) is 0 Å². The number of thiophene rings is 1. The summed E-state index contributed by atoms with van der Waals surface area (Å²) >= 11 is 1.70. The van der Waals surface area contributed by atoms with Crippen LogP contribution in [0.4, 0.5) is 4.39 Å². The molecule has 0 aromatic carbocycles. The molecule has 3 nitrogen and oxygen atoms in total. The summed E-state index contributed by atoms with van der Waals surface area (Å²) in [6.45, 7) is 1.13. The molecule has 0 radical (unpaired) electrons. The third-order valence-corrected chi connectivity index (χ3v) is 3.57. The average molecular weight is 241 g/mol. The van der Waals surface area contributed by atoms with Crippen LogP contribution in [-0.2, 0) is 22.5 Å². The molecule has 1 aliphatic heterocycles. The number of methoxy groups -OCH3 is 1. The third-order valence-electron chi connectivity index (χ3n) is 2.55. The quantitative estimate of drug-likeness (QED) is 0.451. The predicted molar refractivity (Wildman–Crippen MR) is 59.6 cm³/mol. The second-order valence-corrected chi connectivity index (χ2v) is 4.53. The first-order chi connectivity index (χ1) is 7.70. The molecule has 1 aromatic rings. The molecule has 0 saturated carbocycles. The van der Waals surface area contributed by atoms with E-state index >= 15 is 0 Å². The summed E-state index contributed by atoms with van der Waals surface area (Å²) < 4.78 is 18.0. The van der Waals surface area contributed by atoms with Crippen LogP contribution in [-0.4, -0.2) is 24.5 Å². The van der Waals surface area contributed by atoms with E-state index in [1.54, 1.807) is 16.2 Å². The van der Waals surface area contributed by atoms with Crippen LogP contribution >= 0.6 is 11.3 Å². The zero-order chi connectivity index (χ0) is 11.5. The SMILES string of the molecule is COC(=O)C=C(F)N1CCc2sccc2C1. The van der Waals surface area contributed by atoms with Gasteiger partial charge in [0.1, 0.15) is 0 Å². The van der Waals surface area contributed by atoms with Crippen molar-refractivity contribution in [3.63, 3.8) is 0 Å². The van der Waals surface area contributed by atoms with E-state index in [-0.39, 0.29) is 0 Å². The maximum absolute atomic E-state index is 13.6. The fraction of sp³-hybridized carbons (Fsp3) is 0.364. The highest BCUT2D eigenvalue weighted by Gasteiger charge is 2.19. The Labute approximate surface area is 97.1 Å². The molecule has 0 bridgehead atoms. The molecule has 0 aliphatic carbocycles. The van der Waals surface area contributed by atoms with Gasteiger partial charge in [0.2, 0.25) is 0 Å². The van der Waals surface area contributed by atoms with E-state index in [4.69, 9.17) is 0 Å². The Balaban J connectivity index is 2.09. The van der Waals surface area contributed by atoms with Gasteiger partial charge in [-0.3, -0.25) is 0 Å². The van der Waals surface area contributed by atoms with Crippen LogP contribution in [0.3, 0.4) is 0 Å². The monoisotopic (exact) mass is 241 g/mol. The van der Waals surface area contributed by atoms with Crippen molar-refractivity contribution in [3.8, 4) is 0 Å². The Hall–Kier alpha value is -1.36. The molecule has 5 heteroatoms. The van der Waals surface area contributed by atoms with Crippen LogP contribution in [0.5, 0.6) is 0 Å². The summed E-state index contributed by atoms with van der Waals surface area (Å²) in [7, 11) is 1.24. The van der Waals surface area contributed by atoms with E-state index in [2.05, 4.69) is 4.74 Å². The summed E-state index contributed by atoms with van der Waals surface area (Å²) in [5.74, 6) is -1.18. The number of fused-ring (bicyclic) bond motifs is 1. The molecule has 0 N–H and O–H groups in total. The van der Waals surface area contributed by atoms with E-state index in [9.17, 15) is 9.18 Å². The van der Waals surface area contributed by atoms with E-state index in [0.29, 0.717) is 13.1 Å². The Morgan fingerprint density at radius 3 is 3.25 bits per heavy atom. The Bertz CT molecular complexity index is 427. The van der Waals surface area contributed by atoms with Crippen LogP contribution in [0.15, 0.2) is 23.5 Å². The van der Waals surface area contributed by atoms with Gasteiger partial charge in [0, 0.05) is 18.0 Å². The van der Waals surface area contributed by atoms with Gasteiger partial charge in [-0.1, -0.05) is 0 Å². The van der Waals surface area contributed by atoms with Crippen LogP contribution < -0.4 is 0 Å². The lowest BCUT2D eigenvalue weighted by Crippen LogP contribution is -2.28. The lowest BCUT2D eigenvalue weighted by molar-refractivity contribution is -0.135. The summed E-state index contributed by atoms with van der Waals surface area (Å²) in [6, 6.07) is 2.00. The molecule has 16 heavy (non-hydrogen) atoms. The number of rotatable bonds is 2. The topological polar surface area (TPSA) is 29.5 Å². The number of carbonyl (C=O) groups excluding carboxylic acids is 1. The van der Waals surface area contributed by atoms with Gasteiger partial charge in [-0.25, -0.2) is 4.79 Å². The van der Waals surface area contributed by atoms with E-state index in [1.165, 1.54) is 12.0 Å². The van der Waals surface area contributed by atoms with Crippen molar-refractivity contribution in [2.24, 2.45) is 0 Å². The molecule has 2 heterocycles. The van der Waals surface area contributed by atoms with E-state index in [1.807, 2.05) is 11.4 Å². The van der Waals surface area contributed by atoms with Gasteiger partial charge in [0.25, 0.3) is 0 Å². The van der Waals surface area contributed by atoms with Crippen molar-refractivity contribution in [1.29, 1.82) is 0 Å². The zero-order valence-electron chi connectivity index (χ0n) is 8.90. The van der Waals surface area contributed by atoms with Crippen molar-refractivity contribution in [2.75, 3.05) is 13.7 Å². The number of halogens is 1. The number of nitrogens with zero attached hydrogens (tertiary/aromatic N) is 1. The molecule has 0 unspecified atom stereocenters. The van der Waals surface area contributed by atoms with Gasteiger partial charge in [-0.2, -0.15) is 4.39 Å². The van der Waals surface area contributed by atoms with Crippen LogP contribution in [0.25, 0.3) is 0 Å².